The van der Waals surface area contributed by atoms with Gasteiger partial charge in [-0.1, -0.05) is 6.92 Å². The van der Waals surface area contributed by atoms with Crippen molar-refractivity contribution in [3.63, 3.8) is 0 Å². The molecular weight excluding hydrogens is 116 g/mol. The molecule has 1 heterocycles. The van der Waals surface area contributed by atoms with Crippen molar-refractivity contribution < 1.29 is 0 Å². The van der Waals surface area contributed by atoms with E-state index in [1.807, 2.05) is 6.92 Å². The van der Waals surface area contributed by atoms with E-state index < -0.39 is 0 Å². The molecule has 0 aliphatic heterocycles. The Morgan fingerprint density at radius 3 is 3.11 bits per heavy atom. The number of nitrogens with one attached hydrogen (secondary N) is 1. The van der Waals surface area contributed by atoms with Gasteiger partial charge in [-0.15, -0.1) is 0 Å². The Balaban J connectivity index is 3.16. The first kappa shape index (κ1) is 6.01. The highest BCUT2D eigenvalue weighted by molar-refractivity contribution is 5.01. The molecule has 47 valence electrons. The van der Waals surface area contributed by atoms with E-state index in [9.17, 15) is 4.79 Å². The number of aryl methyl sites for hydroxylation is 1. The van der Waals surface area contributed by atoms with E-state index >= 15 is 0 Å². The fraction of sp³-hybridized carbons (Fsp3) is 0.333. The molecule has 1 radical (unpaired) electrons. The predicted molar refractivity (Wildman–Crippen MR) is 33.1 cm³/mol. The van der Waals surface area contributed by atoms with Gasteiger partial charge in [0.2, 0.25) is 0 Å². The van der Waals surface area contributed by atoms with E-state index in [1.54, 1.807) is 0 Å². The number of H-pyrrole nitrogens is 1. The number of rotatable bonds is 1. The fourth-order valence-electron chi connectivity index (χ4n) is 0.584. The van der Waals surface area contributed by atoms with Crippen molar-refractivity contribution in [3.8, 4) is 0 Å². The Bertz CT molecular complexity index is 241. The van der Waals surface area contributed by atoms with Crippen molar-refractivity contribution in [2.24, 2.45) is 0 Å². The highest BCUT2D eigenvalue weighted by Gasteiger charge is 1.91. The van der Waals surface area contributed by atoms with Crippen molar-refractivity contribution in [1.82, 2.24) is 9.97 Å². The van der Waals surface area contributed by atoms with Gasteiger partial charge >= 0.3 is 0 Å². The summed E-state index contributed by atoms with van der Waals surface area (Å²) in [5.74, 6) is 0. The Morgan fingerprint density at radius 2 is 2.67 bits per heavy atom. The van der Waals surface area contributed by atoms with E-state index in [0.29, 0.717) is 5.56 Å². The molecule has 0 aliphatic rings. The Labute approximate surface area is 52.8 Å². The molecule has 0 atom stereocenters. The molecule has 9 heavy (non-hydrogen) atoms. The van der Waals surface area contributed by atoms with Crippen LogP contribution in [0.1, 0.15) is 12.5 Å². The van der Waals surface area contributed by atoms with Crippen LogP contribution in [0.2, 0.25) is 0 Å². The second kappa shape index (κ2) is 2.44. The molecule has 0 saturated carbocycles. The number of hydrogen-bond donors (Lipinski definition) is 1. The molecule has 1 aromatic rings. The van der Waals surface area contributed by atoms with Gasteiger partial charge in [0.25, 0.3) is 5.56 Å². The normalized spacial score (nSPS) is 9.44. The van der Waals surface area contributed by atoms with E-state index in [2.05, 4.69) is 16.3 Å². The lowest BCUT2D eigenvalue weighted by Gasteiger charge is -1.87. The summed E-state index contributed by atoms with van der Waals surface area (Å²) in [6, 6.07) is 0. The maximum Gasteiger partial charge on any atom is 0.254 e. The third-order valence-corrected chi connectivity index (χ3v) is 1.13. The first-order valence-electron chi connectivity index (χ1n) is 2.79. The lowest BCUT2D eigenvalue weighted by molar-refractivity contribution is 0.995. The van der Waals surface area contributed by atoms with Gasteiger partial charge in [-0.25, -0.2) is 4.98 Å². The van der Waals surface area contributed by atoms with Crippen LogP contribution >= 0.6 is 0 Å². The first-order chi connectivity index (χ1) is 4.34. The summed E-state index contributed by atoms with van der Waals surface area (Å²) in [5.41, 5.74) is 0.612. The quantitative estimate of drug-likeness (QED) is 0.577. The first-order valence-corrected chi connectivity index (χ1v) is 2.79. The fourth-order valence-corrected chi connectivity index (χ4v) is 0.584. The highest BCUT2D eigenvalue weighted by atomic mass is 16.1. The second-order valence-electron chi connectivity index (χ2n) is 1.70. The maximum absolute atomic E-state index is 10.7. The molecule has 3 heteroatoms. The van der Waals surface area contributed by atoms with Crippen LogP contribution in [0, 0.1) is 6.33 Å². The van der Waals surface area contributed by atoms with Gasteiger partial charge in [0.05, 0.1) is 0 Å². The Morgan fingerprint density at radius 1 is 1.89 bits per heavy atom. The van der Waals surface area contributed by atoms with Gasteiger partial charge in [-0.3, -0.25) is 4.79 Å². The second-order valence-corrected chi connectivity index (χ2v) is 1.70. The average Bonchev–Trinajstić information content (AvgIpc) is 1.89. The van der Waals surface area contributed by atoms with Gasteiger partial charge < -0.3 is 4.98 Å². The summed E-state index contributed by atoms with van der Waals surface area (Å²) in [4.78, 5) is 16.7. The van der Waals surface area contributed by atoms with Gasteiger partial charge in [-0.2, -0.15) is 0 Å². The van der Waals surface area contributed by atoms with Crippen molar-refractivity contribution in [2.75, 3.05) is 0 Å². The van der Waals surface area contributed by atoms with Gasteiger partial charge in [0, 0.05) is 11.8 Å². The molecule has 0 amide bonds. The number of aromatic nitrogens is 2. The average molecular weight is 123 g/mol. The minimum absolute atomic E-state index is 0.0903. The summed E-state index contributed by atoms with van der Waals surface area (Å²) in [5, 5.41) is 0. The minimum Gasteiger partial charge on any atom is -0.304 e. The molecule has 0 saturated heterocycles. The van der Waals surface area contributed by atoms with E-state index in [0.717, 1.165) is 6.42 Å². The van der Waals surface area contributed by atoms with Gasteiger partial charge in [0.15, 0.2) is 6.33 Å². The lowest BCUT2D eigenvalue weighted by Crippen LogP contribution is -2.11. The van der Waals surface area contributed by atoms with Crippen LogP contribution in [0.15, 0.2) is 11.0 Å². The topological polar surface area (TPSA) is 45.8 Å². The molecule has 0 fully saturated rings. The van der Waals surface area contributed by atoms with Crippen LogP contribution in [-0.2, 0) is 6.42 Å². The highest BCUT2D eigenvalue weighted by Crippen LogP contribution is 1.83. The summed E-state index contributed by atoms with van der Waals surface area (Å²) in [7, 11) is 0. The zero-order valence-electron chi connectivity index (χ0n) is 5.14. The zero-order valence-corrected chi connectivity index (χ0v) is 5.14. The van der Waals surface area contributed by atoms with Crippen LogP contribution in [0.5, 0.6) is 0 Å². The van der Waals surface area contributed by atoms with Crippen molar-refractivity contribution in [3.05, 3.63) is 28.4 Å². The molecule has 1 rings (SSSR count). The molecule has 0 bridgehead atoms. The number of aromatic amines is 1. The molecule has 0 aliphatic carbocycles. The van der Waals surface area contributed by atoms with Crippen molar-refractivity contribution in [2.45, 2.75) is 13.3 Å². The molecule has 0 unspecified atom stereocenters. The summed E-state index contributed by atoms with van der Waals surface area (Å²) >= 11 is 0. The third kappa shape index (κ3) is 1.16. The molecule has 3 nitrogen and oxygen atoms in total. The largest absolute Gasteiger partial charge is 0.304 e. The predicted octanol–water partition coefficient (Wildman–Crippen LogP) is 0.132. The minimum atomic E-state index is -0.0903. The Hall–Kier alpha value is -1.12. The van der Waals surface area contributed by atoms with Crippen LogP contribution in [0.25, 0.3) is 0 Å². The molecule has 0 aromatic carbocycles. The molecule has 1 aromatic heterocycles. The van der Waals surface area contributed by atoms with Crippen LogP contribution in [0.4, 0.5) is 0 Å². The molecule has 1 N–H and O–H groups in total. The van der Waals surface area contributed by atoms with Crippen LogP contribution < -0.4 is 5.56 Å². The van der Waals surface area contributed by atoms with Crippen LogP contribution in [0.3, 0.4) is 0 Å². The third-order valence-electron chi connectivity index (χ3n) is 1.13. The zero-order chi connectivity index (χ0) is 6.69. The van der Waals surface area contributed by atoms with E-state index in [4.69, 9.17) is 0 Å². The summed E-state index contributed by atoms with van der Waals surface area (Å²) in [6.45, 7) is 1.91. The standard InChI is InChI=1S/C6H7N2O/c1-2-5-3-7-4-8-6(5)9/h3H,2H2,1H3,(H,7,8,9). The SMILES string of the molecule is CCc1cn[c][nH]c1=O. The maximum atomic E-state index is 10.7. The van der Waals surface area contributed by atoms with E-state index in [-0.39, 0.29) is 5.56 Å². The monoisotopic (exact) mass is 123 g/mol. The van der Waals surface area contributed by atoms with Crippen molar-refractivity contribution >= 4 is 0 Å². The number of nitrogens with zero attached hydrogens (tertiary/aromatic N) is 1. The Kier molecular flexibility index (Phi) is 1.63. The van der Waals surface area contributed by atoms with Gasteiger partial charge in [-0.05, 0) is 6.42 Å². The summed E-state index contributed by atoms with van der Waals surface area (Å²) in [6.07, 6.45) is 4.59. The summed E-state index contributed by atoms with van der Waals surface area (Å²) < 4.78 is 0. The number of hydrogen-bond acceptors (Lipinski definition) is 2. The van der Waals surface area contributed by atoms with Crippen molar-refractivity contribution in [1.29, 1.82) is 0 Å². The van der Waals surface area contributed by atoms with E-state index in [1.165, 1.54) is 6.20 Å². The van der Waals surface area contributed by atoms with Gasteiger partial charge in [0.1, 0.15) is 0 Å². The smallest absolute Gasteiger partial charge is 0.254 e. The molecule has 0 spiro atoms. The van der Waals surface area contributed by atoms with Crippen LogP contribution in [-0.4, -0.2) is 9.97 Å². The molecular formula is C6H7N2O. The lowest BCUT2D eigenvalue weighted by atomic mass is 10.3.